The molecule has 2 rings (SSSR count). The topological polar surface area (TPSA) is 29.1 Å². The molecule has 1 aromatic rings. The van der Waals surface area contributed by atoms with Crippen molar-refractivity contribution in [1.29, 1.82) is 0 Å². The first-order valence-electron chi connectivity index (χ1n) is 5.67. The summed E-state index contributed by atoms with van der Waals surface area (Å²) < 4.78 is 0. The number of ketones is 1. The second-order valence-electron chi connectivity index (χ2n) is 4.47. The Morgan fingerprint density at radius 1 is 1.44 bits per heavy atom. The van der Waals surface area contributed by atoms with E-state index in [9.17, 15) is 4.79 Å². The molecule has 1 aliphatic heterocycles. The molecule has 0 spiro atoms. The summed E-state index contributed by atoms with van der Waals surface area (Å²) in [6.45, 7) is 7.57. The maximum absolute atomic E-state index is 11.9. The third-order valence-electron chi connectivity index (χ3n) is 2.88. The van der Waals surface area contributed by atoms with Crippen LogP contribution in [0.2, 0.25) is 0 Å². The molecule has 84 valence electrons. The smallest absolute Gasteiger partial charge is 0.166 e. The molecule has 0 aliphatic carbocycles. The molecule has 0 amide bonds. The summed E-state index contributed by atoms with van der Waals surface area (Å²) in [7, 11) is 0. The highest BCUT2D eigenvalue weighted by Gasteiger charge is 2.12. The van der Waals surface area contributed by atoms with E-state index in [1.807, 2.05) is 19.1 Å². The van der Waals surface area contributed by atoms with E-state index in [4.69, 9.17) is 0 Å². The summed E-state index contributed by atoms with van der Waals surface area (Å²) in [6.07, 6.45) is 1.51. The Hall–Kier alpha value is -1.41. The number of Topliss-reactive ketones (excluding diaryl/α,β-unsaturated/α-hetero) is 1. The lowest BCUT2D eigenvalue weighted by atomic mass is 9.95. The number of carbonyl (C=O) groups excluding carboxylic acids is 1. The lowest BCUT2D eigenvalue weighted by molar-refractivity contribution is 0.0993. The van der Waals surface area contributed by atoms with Gasteiger partial charge in [0, 0.05) is 18.5 Å². The van der Waals surface area contributed by atoms with Crippen molar-refractivity contribution in [3.05, 3.63) is 47.0 Å². The van der Waals surface area contributed by atoms with E-state index in [2.05, 4.69) is 18.0 Å². The molecule has 0 unspecified atom stereocenters. The molecule has 0 saturated carbocycles. The summed E-state index contributed by atoms with van der Waals surface area (Å²) in [5, 5.41) is 3.32. The molecule has 16 heavy (non-hydrogen) atoms. The van der Waals surface area contributed by atoms with E-state index < -0.39 is 0 Å². The number of hydrogen-bond acceptors (Lipinski definition) is 2. The van der Waals surface area contributed by atoms with Crippen molar-refractivity contribution in [2.24, 2.45) is 0 Å². The van der Waals surface area contributed by atoms with E-state index in [1.54, 1.807) is 0 Å². The van der Waals surface area contributed by atoms with Crippen LogP contribution in [0.4, 0.5) is 0 Å². The van der Waals surface area contributed by atoms with Crippen LogP contribution in [-0.4, -0.2) is 12.3 Å². The molecule has 0 atom stereocenters. The first kappa shape index (κ1) is 11.1. The summed E-state index contributed by atoms with van der Waals surface area (Å²) in [6, 6.07) is 6.05. The number of nitrogens with one attached hydrogen (secondary N) is 1. The molecule has 0 bridgehead atoms. The third kappa shape index (κ3) is 2.39. The van der Waals surface area contributed by atoms with Gasteiger partial charge in [-0.15, -0.1) is 0 Å². The molecule has 2 nitrogen and oxygen atoms in total. The lowest BCUT2D eigenvalue weighted by Gasteiger charge is -2.17. The number of fused-ring (bicyclic) bond motifs is 1. The van der Waals surface area contributed by atoms with Gasteiger partial charge >= 0.3 is 0 Å². The Morgan fingerprint density at radius 2 is 2.25 bits per heavy atom. The maximum atomic E-state index is 11.9. The predicted octanol–water partition coefficient (Wildman–Crippen LogP) is 2.48. The van der Waals surface area contributed by atoms with E-state index in [0.717, 1.165) is 30.6 Å². The zero-order valence-electron chi connectivity index (χ0n) is 9.68. The minimum Gasteiger partial charge on any atom is -0.312 e. The minimum absolute atomic E-state index is 0.167. The fraction of sp³-hybridized carbons (Fsp3) is 0.357. The van der Waals surface area contributed by atoms with Gasteiger partial charge < -0.3 is 5.32 Å². The molecule has 0 aromatic heterocycles. The first-order chi connectivity index (χ1) is 7.66. The van der Waals surface area contributed by atoms with Gasteiger partial charge in [-0.1, -0.05) is 24.3 Å². The SMILES string of the molecule is C=C(C)CC(=O)c1ccc2c(c1)CNCC2. The van der Waals surface area contributed by atoms with Crippen LogP contribution in [-0.2, 0) is 13.0 Å². The van der Waals surface area contributed by atoms with Crippen molar-refractivity contribution in [1.82, 2.24) is 5.32 Å². The van der Waals surface area contributed by atoms with Crippen LogP contribution < -0.4 is 5.32 Å². The molecule has 0 radical (unpaired) electrons. The van der Waals surface area contributed by atoms with Gasteiger partial charge in [-0.05, 0) is 37.1 Å². The zero-order valence-corrected chi connectivity index (χ0v) is 9.68. The van der Waals surface area contributed by atoms with E-state index in [-0.39, 0.29) is 5.78 Å². The summed E-state index contributed by atoms with van der Waals surface area (Å²) in [4.78, 5) is 11.9. The Bertz CT molecular complexity index is 434. The molecule has 1 aromatic carbocycles. The number of carbonyl (C=O) groups is 1. The standard InChI is InChI=1S/C14H17NO/c1-10(2)7-14(16)12-4-3-11-5-6-15-9-13(11)8-12/h3-4,8,15H,1,5-7,9H2,2H3. The highest BCUT2D eigenvalue weighted by Crippen LogP contribution is 2.17. The molecule has 1 N–H and O–H groups in total. The third-order valence-corrected chi connectivity index (χ3v) is 2.88. The number of allylic oxidation sites excluding steroid dienone is 1. The van der Waals surface area contributed by atoms with Gasteiger partial charge in [-0.3, -0.25) is 4.79 Å². The predicted molar refractivity (Wildman–Crippen MR) is 65.6 cm³/mol. The highest BCUT2D eigenvalue weighted by molar-refractivity contribution is 5.97. The van der Waals surface area contributed by atoms with Crippen LogP contribution in [0, 0.1) is 0 Å². The van der Waals surface area contributed by atoms with Crippen LogP contribution in [0.5, 0.6) is 0 Å². The molecular formula is C14H17NO. The summed E-state index contributed by atoms with van der Waals surface area (Å²) in [5.74, 6) is 0.167. The summed E-state index contributed by atoms with van der Waals surface area (Å²) >= 11 is 0. The molecule has 1 aliphatic rings. The zero-order chi connectivity index (χ0) is 11.5. The molecule has 2 heteroatoms. The fourth-order valence-electron chi connectivity index (χ4n) is 2.03. The Labute approximate surface area is 96.4 Å². The molecular weight excluding hydrogens is 198 g/mol. The lowest BCUT2D eigenvalue weighted by Crippen LogP contribution is -2.23. The fourth-order valence-corrected chi connectivity index (χ4v) is 2.03. The number of rotatable bonds is 3. The second kappa shape index (κ2) is 4.62. The van der Waals surface area contributed by atoms with Crippen LogP contribution in [0.15, 0.2) is 30.4 Å². The van der Waals surface area contributed by atoms with Crippen molar-refractivity contribution >= 4 is 5.78 Å². The summed E-state index contributed by atoms with van der Waals surface area (Å²) in [5.41, 5.74) is 4.36. The van der Waals surface area contributed by atoms with Crippen LogP contribution in [0.3, 0.4) is 0 Å². The Morgan fingerprint density at radius 3 is 3.00 bits per heavy atom. The van der Waals surface area contributed by atoms with E-state index >= 15 is 0 Å². The van der Waals surface area contributed by atoms with Gasteiger partial charge in [0.05, 0.1) is 0 Å². The van der Waals surface area contributed by atoms with Gasteiger partial charge in [0.25, 0.3) is 0 Å². The Kier molecular flexibility index (Phi) is 3.20. The van der Waals surface area contributed by atoms with Crippen molar-refractivity contribution in [2.45, 2.75) is 26.3 Å². The normalized spacial score (nSPS) is 14.3. The maximum Gasteiger partial charge on any atom is 0.166 e. The first-order valence-corrected chi connectivity index (χ1v) is 5.67. The average molecular weight is 215 g/mol. The van der Waals surface area contributed by atoms with Crippen molar-refractivity contribution in [2.75, 3.05) is 6.54 Å². The molecule has 0 saturated heterocycles. The van der Waals surface area contributed by atoms with Gasteiger partial charge in [-0.25, -0.2) is 0 Å². The van der Waals surface area contributed by atoms with Gasteiger partial charge in [0.1, 0.15) is 0 Å². The average Bonchev–Trinajstić information content (AvgIpc) is 2.27. The quantitative estimate of drug-likeness (QED) is 0.620. The highest BCUT2D eigenvalue weighted by atomic mass is 16.1. The van der Waals surface area contributed by atoms with Gasteiger partial charge in [0.15, 0.2) is 5.78 Å². The van der Waals surface area contributed by atoms with Crippen LogP contribution in [0.1, 0.15) is 34.8 Å². The van der Waals surface area contributed by atoms with Crippen molar-refractivity contribution in [3.8, 4) is 0 Å². The van der Waals surface area contributed by atoms with Gasteiger partial charge in [-0.2, -0.15) is 0 Å². The van der Waals surface area contributed by atoms with Crippen LogP contribution in [0.25, 0.3) is 0 Å². The number of hydrogen-bond donors (Lipinski definition) is 1. The Balaban J connectivity index is 2.23. The molecule has 1 heterocycles. The van der Waals surface area contributed by atoms with Crippen molar-refractivity contribution in [3.63, 3.8) is 0 Å². The van der Waals surface area contributed by atoms with E-state index in [1.165, 1.54) is 11.1 Å². The van der Waals surface area contributed by atoms with Crippen molar-refractivity contribution < 1.29 is 4.79 Å². The second-order valence-corrected chi connectivity index (χ2v) is 4.47. The monoisotopic (exact) mass is 215 g/mol. The largest absolute Gasteiger partial charge is 0.312 e. The molecule has 0 fully saturated rings. The minimum atomic E-state index is 0.167. The number of benzene rings is 1. The van der Waals surface area contributed by atoms with Crippen LogP contribution >= 0.6 is 0 Å². The van der Waals surface area contributed by atoms with Gasteiger partial charge in [0.2, 0.25) is 0 Å². The van der Waals surface area contributed by atoms with E-state index in [0.29, 0.717) is 6.42 Å².